The Labute approximate surface area is 218 Å². The van der Waals surface area contributed by atoms with Crippen LogP contribution in [0.2, 0.25) is 0 Å². The maximum absolute atomic E-state index is 4.92. The molecule has 6 aromatic rings. The average Bonchev–Trinajstić information content (AvgIpc) is 2.98. The van der Waals surface area contributed by atoms with Crippen molar-refractivity contribution in [2.24, 2.45) is 6.66 Å². The number of aryl methyl sites for hydroxylation is 1. The van der Waals surface area contributed by atoms with Crippen molar-refractivity contribution in [1.82, 2.24) is 15.0 Å². The fourth-order valence-electron chi connectivity index (χ4n) is 4.37. The zero-order chi connectivity index (χ0) is 25.0. The normalized spacial score (nSPS) is 11.3. The predicted molar refractivity (Wildman–Crippen MR) is 155 cm³/mol. The van der Waals surface area contributed by atoms with E-state index >= 15 is 0 Å². The second-order valence-corrected chi connectivity index (χ2v) is 10.8. The first-order valence-corrected chi connectivity index (χ1v) is 14.2. The predicted octanol–water partition coefficient (Wildman–Crippen LogP) is 9.01. The molecule has 2 heterocycles. The Kier molecular flexibility index (Phi) is 6.37. The first-order chi connectivity index (χ1) is 18.2. The second kappa shape index (κ2) is 10.3. The van der Waals surface area contributed by atoms with Gasteiger partial charge in [-0.3, -0.25) is 0 Å². The van der Waals surface area contributed by atoms with Gasteiger partial charge in [-0.05, 0) is 34.4 Å². The second-order valence-electron chi connectivity index (χ2n) is 8.95. The van der Waals surface area contributed by atoms with Gasteiger partial charge >= 0.3 is 0 Å². The summed E-state index contributed by atoms with van der Waals surface area (Å²) in [5.41, 5.74) is 7.69. The number of benzene rings is 4. The third kappa shape index (κ3) is 5.09. The molecule has 0 saturated heterocycles. The summed E-state index contributed by atoms with van der Waals surface area (Å²) in [4.78, 5) is 14.7. The maximum atomic E-state index is 4.92. The van der Waals surface area contributed by atoms with Gasteiger partial charge in [-0.25, -0.2) is 15.0 Å². The first-order valence-electron chi connectivity index (χ1n) is 12.3. The summed E-state index contributed by atoms with van der Waals surface area (Å²) < 4.78 is 0. The van der Waals surface area contributed by atoms with Crippen molar-refractivity contribution in [3.05, 3.63) is 133 Å². The molecule has 0 aliphatic rings. The van der Waals surface area contributed by atoms with E-state index in [9.17, 15) is 0 Å². The van der Waals surface area contributed by atoms with Gasteiger partial charge < -0.3 is 0 Å². The summed E-state index contributed by atoms with van der Waals surface area (Å²) in [5.74, 6) is 6.55. The van der Waals surface area contributed by atoms with Crippen molar-refractivity contribution in [3.63, 3.8) is 0 Å². The first kappa shape index (κ1) is 23.0. The average molecular weight is 495 g/mol. The third-order valence-electron chi connectivity index (χ3n) is 6.33. The van der Waals surface area contributed by atoms with E-state index in [1.165, 1.54) is 22.3 Å². The number of aromatic nitrogens is 3. The zero-order valence-corrected chi connectivity index (χ0v) is 21.4. The van der Waals surface area contributed by atoms with Crippen LogP contribution in [-0.2, 0) is 6.66 Å². The monoisotopic (exact) mass is 494 g/mol. The number of hydrogen-bond acceptors (Lipinski definition) is 3. The van der Waals surface area contributed by atoms with Crippen molar-refractivity contribution in [1.29, 1.82) is 0 Å². The van der Waals surface area contributed by atoms with Crippen LogP contribution in [0.5, 0.6) is 0 Å². The molecule has 0 fully saturated rings. The molecule has 2 aromatic heterocycles. The molecular weight excluding hydrogens is 469 g/mol. The highest BCUT2D eigenvalue weighted by Crippen LogP contribution is 2.31. The van der Waals surface area contributed by atoms with Crippen molar-refractivity contribution < 1.29 is 0 Å². The van der Waals surface area contributed by atoms with Gasteiger partial charge in [0.15, 0.2) is 17.5 Å². The summed E-state index contributed by atoms with van der Waals surface area (Å²) in [5, 5.41) is 0. The summed E-state index contributed by atoms with van der Waals surface area (Å²) in [7, 11) is -0.317. The molecule has 0 saturated carbocycles. The van der Waals surface area contributed by atoms with Gasteiger partial charge in [0.05, 0.1) is 5.56 Å². The van der Waals surface area contributed by atoms with E-state index in [2.05, 4.69) is 127 Å². The standard InChI is InChI=1S/C33H25N3P/c1-37-22-8-13-30(23-37)33-35-31(28-18-14-26(15-19-28)24-9-4-2-5-10-24)34-32(36-33)29-20-16-27(17-21-29)25-11-6-3-7-12-25/h2-23H,1H3/q+1. The lowest BCUT2D eigenvalue weighted by Crippen LogP contribution is -2.00. The minimum Gasteiger partial charge on any atom is -0.208 e. The molecule has 0 N–H and O–H groups in total. The zero-order valence-electron chi connectivity index (χ0n) is 20.5. The molecule has 1 atom stereocenters. The van der Waals surface area contributed by atoms with Crippen LogP contribution in [0.3, 0.4) is 0 Å². The third-order valence-corrected chi connectivity index (χ3v) is 7.66. The van der Waals surface area contributed by atoms with Crippen LogP contribution in [0.25, 0.3) is 56.4 Å². The van der Waals surface area contributed by atoms with Gasteiger partial charge in [0.1, 0.15) is 25.8 Å². The molecule has 1 unspecified atom stereocenters. The molecule has 176 valence electrons. The summed E-state index contributed by atoms with van der Waals surface area (Å²) in [6.07, 6.45) is 0. The highest BCUT2D eigenvalue weighted by molar-refractivity contribution is 7.46. The molecule has 4 heteroatoms. The maximum Gasteiger partial charge on any atom is 0.167 e. The van der Waals surface area contributed by atoms with E-state index in [-0.39, 0.29) is 7.53 Å². The Balaban J connectivity index is 1.42. The Hall–Kier alpha value is -4.46. The Morgan fingerprint density at radius 1 is 0.378 bits per heavy atom. The molecule has 0 aliphatic heterocycles. The van der Waals surface area contributed by atoms with Crippen LogP contribution >= 0.6 is 7.53 Å². The SMILES string of the molecule is C[p+]1cccc(-c2nc(-c3ccc(-c4ccccc4)cc3)nc(-c3ccc(-c4ccccc4)cc3)n2)c1. The Morgan fingerprint density at radius 2 is 0.730 bits per heavy atom. The molecular formula is C33H25N3P+. The summed E-state index contributed by atoms with van der Waals surface area (Å²) in [6.45, 7) is 2.23. The number of nitrogens with zero attached hydrogens (tertiary/aromatic N) is 3. The lowest BCUT2D eigenvalue weighted by molar-refractivity contribution is 1.07. The van der Waals surface area contributed by atoms with E-state index in [0.29, 0.717) is 17.5 Å². The van der Waals surface area contributed by atoms with Crippen LogP contribution < -0.4 is 0 Å². The van der Waals surface area contributed by atoms with Crippen molar-refractivity contribution in [2.75, 3.05) is 0 Å². The minimum atomic E-state index is -0.317. The van der Waals surface area contributed by atoms with Gasteiger partial charge in [-0.1, -0.05) is 109 Å². The fourth-order valence-corrected chi connectivity index (χ4v) is 5.45. The molecule has 0 radical (unpaired) electrons. The highest BCUT2D eigenvalue weighted by atomic mass is 31.1. The van der Waals surface area contributed by atoms with E-state index in [1.807, 2.05) is 12.1 Å². The molecule has 3 nitrogen and oxygen atoms in total. The molecule has 0 bridgehead atoms. The minimum absolute atomic E-state index is 0.317. The molecule has 6 rings (SSSR count). The van der Waals surface area contributed by atoms with Crippen molar-refractivity contribution in [3.8, 4) is 56.4 Å². The van der Waals surface area contributed by atoms with Crippen LogP contribution in [-0.4, -0.2) is 15.0 Å². The van der Waals surface area contributed by atoms with Gasteiger partial charge in [0.2, 0.25) is 0 Å². The largest absolute Gasteiger partial charge is 0.208 e. The van der Waals surface area contributed by atoms with Gasteiger partial charge in [-0.2, -0.15) is 0 Å². The molecule has 37 heavy (non-hydrogen) atoms. The fraction of sp³-hybridized carbons (Fsp3) is 0.0303. The smallest absolute Gasteiger partial charge is 0.167 e. The molecule has 4 aromatic carbocycles. The quantitative estimate of drug-likeness (QED) is 0.240. The van der Waals surface area contributed by atoms with Crippen LogP contribution in [0.1, 0.15) is 0 Å². The number of rotatable bonds is 5. The molecule has 0 aliphatic carbocycles. The van der Waals surface area contributed by atoms with Crippen molar-refractivity contribution >= 4 is 7.53 Å². The van der Waals surface area contributed by atoms with Crippen LogP contribution in [0, 0.1) is 0 Å². The van der Waals surface area contributed by atoms with E-state index < -0.39 is 0 Å². The van der Waals surface area contributed by atoms with E-state index in [1.54, 1.807) is 0 Å². The van der Waals surface area contributed by atoms with Gasteiger partial charge in [-0.15, -0.1) is 0 Å². The topological polar surface area (TPSA) is 38.7 Å². The lowest BCUT2D eigenvalue weighted by atomic mass is 10.0. The summed E-state index contributed by atoms with van der Waals surface area (Å²) >= 11 is 0. The molecule has 0 spiro atoms. The van der Waals surface area contributed by atoms with E-state index in [4.69, 9.17) is 15.0 Å². The number of hydrogen-bond donors (Lipinski definition) is 0. The Morgan fingerprint density at radius 3 is 1.16 bits per heavy atom. The van der Waals surface area contributed by atoms with E-state index in [0.717, 1.165) is 16.7 Å². The highest BCUT2D eigenvalue weighted by Gasteiger charge is 2.14. The lowest BCUT2D eigenvalue weighted by Gasteiger charge is -2.09. The van der Waals surface area contributed by atoms with Crippen molar-refractivity contribution in [2.45, 2.75) is 0 Å². The van der Waals surface area contributed by atoms with Crippen LogP contribution in [0.15, 0.2) is 133 Å². The van der Waals surface area contributed by atoms with Crippen LogP contribution in [0.4, 0.5) is 0 Å². The summed E-state index contributed by atoms with van der Waals surface area (Å²) in [6, 6.07) is 41.9. The van der Waals surface area contributed by atoms with Gasteiger partial charge in [0, 0.05) is 11.1 Å². The molecule has 0 amide bonds. The Bertz CT molecular complexity index is 1550. The van der Waals surface area contributed by atoms with Gasteiger partial charge in [0.25, 0.3) is 0 Å².